The Morgan fingerprint density at radius 2 is 1.48 bits per heavy atom. The topological polar surface area (TPSA) is 18.5 Å². The van der Waals surface area contributed by atoms with Gasteiger partial charge in [0.25, 0.3) is 0 Å². The van der Waals surface area contributed by atoms with Crippen LogP contribution in [-0.2, 0) is 14.7 Å². The fourth-order valence-electron chi connectivity index (χ4n) is 2.88. The van der Waals surface area contributed by atoms with E-state index >= 15 is 0 Å². The highest BCUT2D eigenvalue weighted by Crippen LogP contribution is 2.42. The molecule has 1 aromatic rings. The summed E-state index contributed by atoms with van der Waals surface area (Å²) in [5, 5.41) is 0. The third kappa shape index (κ3) is 2.91. The summed E-state index contributed by atoms with van der Waals surface area (Å²) in [7, 11) is -0.276. The summed E-state index contributed by atoms with van der Waals surface area (Å²) in [6, 6.07) is 8.63. The third-order valence-electron chi connectivity index (χ3n) is 5.10. The summed E-state index contributed by atoms with van der Waals surface area (Å²) in [5.41, 5.74) is 2.02. The molecule has 1 aromatic carbocycles. The molecule has 0 amide bonds. The van der Waals surface area contributed by atoms with Crippen molar-refractivity contribution in [1.82, 2.24) is 0 Å². The standard InChI is InChI=1S/C18H29BO2/c1-13(2)18(8)17(6,7)20-19(21-18)15-11-9-14(10-12-15)16(3,4)5/h9-13H,1-8H3. The minimum atomic E-state index is -0.297. The first kappa shape index (κ1) is 16.6. The lowest BCUT2D eigenvalue weighted by molar-refractivity contribution is -0.0435. The van der Waals surface area contributed by atoms with Crippen LogP contribution in [0.5, 0.6) is 0 Å². The van der Waals surface area contributed by atoms with Crippen LogP contribution in [0.1, 0.15) is 61.0 Å². The minimum absolute atomic E-state index is 0.168. The quantitative estimate of drug-likeness (QED) is 0.768. The van der Waals surface area contributed by atoms with Gasteiger partial charge in [0.1, 0.15) is 0 Å². The van der Waals surface area contributed by atoms with Gasteiger partial charge in [0, 0.05) is 0 Å². The fraction of sp³-hybridized carbons (Fsp3) is 0.667. The van der Waals surface area contributed by atoms with Gasteiger partial charge < -0.3 is 9.31 Å². The van der Waals surface area contributed by atoms with E-state index in [-0.39, 0.29) is 23.7 Å². The molecule has 1 unspecified atom stereocenters. The second kappa shape index (κ2) is 5.14. The molecule has 0 spiro atoms. The molecular weight excluding hydrogens is 259 g/mol. The predicted octanol–water partition coefficient (Wildman–Crippen LogP) is 3.92. The van der Waals surface area contributed by atoms with Crippen molar-refractivity contribution in [2.24, 2.45) is 5.92 Å². The number of hydrogen-bond acceptors (Lipinski definition) is 2. The highest BCUT2D eigenvalue weighted by molar-refractivity contribution is 6.62. The van der Waals surface area contributed by atoms with Crippen LogP contribution in [0.25, 0.3) is 0 Å². The predicted molar refractivity (Wildman–Crippen MR) is 90.0 cm³/mol. The summed E-state index contributed by atoms with van der Waals surface area (Å²) in [6.07, 6.45) is 0. The van der Waals surface area contributed by atoms with Gasteiger partial charge in [-0.3, -0.25) is 0 Å². The van der Waals surface area contributed by atoms with Gasteiger partial charge in [-0.1, -0.05) is 58.9 Å². The van der Waals surface area contributed by atoms with Crippen LogP contribution in [0.3, 0.4) is 0 Å². The van der Waals surface area contributed by atoms with Crippen LogP contribution in [0.15, 0.2) is 24.3 Å². The summed E-state index contributed by atoms with van der Waals surface area (Å²) in [6.45, 7) is 17.5. The molecule has 116 valence electrons. The van der Waals surface area contributed by atoms with E-state index < -0.39 is 0 Å². The van der Waals surface area contributed by atoms with E-state index in [2.05, 4.69) is 79.7 Å². The lowest BCUT2D eigenvalue weighted by Crippen LogP contribution is -2.48. The normalized spacial score (nSPS) is 25.7. The first-order valence-electron chi connectivity index (χ1n) is 7.93. The average Bonchev–Trinajstić information content (AvgIpc) is 2.61. The molecule has 0 saturated carbocycles. The Kier molecular flexibility index (Phi) is 4.05. The summed E-state index contributed by atoms with van der Waals surface area (Å²) in [4.78, 5) is 0. The number of rotatable bonds is 2. The summed E-state index contributed by atoms with van der Waals surface area (Å²) < 4.78 is 12.5. The van der Waals surface area contributed by atoms with Gasteiger partial charge in [0.15, 0.2) is 0 Å². The SMILES string of the molecule is CC(C)C1(C)OB(c2ccc(C(C)(C)C)cc2)OC1(C)C. The molecular formula is C18H29BO2. The molecule has 0 aliphatic carbocycles. The van der Waals surface area contributed by atoms with Crippen molar-refractivity contribution >= 4 is 12.6 Å². The zero-order chi connectivity index (χ0) is 16.1. The van der Waals surface area contributed by atoms with E-state index in [1.54, 1.807) is 0 Å². The van der Waals surface area contributed by atoms with Gasteiger partial charge in [-0.15, -0.1) is 0 Å². The first-order valence-corrected chi connectivity index (χ1v) is 7.93. The van der Waals surface area contributed by atoms with Gasteiger partial charge in [-0.2, -0.15) is 0 Å². The van der Waals surface area contributed by atoms with Gasteiger partial charge in [-0.25, -0.2) is 0 Å². The molecule has 0 aromatic heterocycles. The molecule has 1 saturated heterocycles. The van der Waals surface area contributed by atoms with Crippen molar-refractivity contribution in [3.05, 3.63) is 29.8 Å². The molecule has 1 heterocycles. The molecule has 3 heteroatoms. The Bertz CT molecular complexity index is 499. The molecule has 1 aliphatic heterocycles. The maximum absolute atomic E-state index is 6.31. The monoisotopic (exact) mass is 288 g/mol. The Morgan fingerprint density at radius 3 is 1.86 bits per heavy atom. The van der Waals surface area contributed by atoms with E-state index in [1.165, 1.54) is 5.56 Å². The third-order valence-corrected chi connectivity index (χ3v) is 5.10. The molecule has 2 nitrogen and oxygen atoms in total. The summed E-state index contributed by atoms with van der Waals surface area (Å²) in [5.74, 6) is 0.395. The minimum Gasteiger partial charge on any atom is -0.399 e. The van der Waals surface area contributed by atoms with Crippen molar-refractivity contribution in [3.63, 3.8) is 0 Å². The van der Waals surface area contributed by atoms with E-state index in [1.807, 2.05) is 0 Å². The van der Waals surface area contributed by atoms with Crippen molar-refractivity contribution in [2.75, 3.05) is 0 Å². The van der Waals surface area contributed by atoms with Gasteiger partial charge >= 0.3 is 7.12 Å². The molecule has 21 heavy (non-hydrogen) atoms. The molecule has 1 atom stereocenters. The van der Waals surface area contributed by atoms with Crippen molar-refractivity contribution in [3.8, 4) is 0 Å². The maximum Gasteiger partial charge on any atom is 0.494 e. The van der Waals surface area contributed by atoms with Crippen LogP contribution >= 0.6 is 0 Å². The molecule has 0 N–H and O–H groups in total. The number of hydrogen-bond donors (Lipinski definition) is 0. The Labute approximate surface area is 130 Å². The van der Waals surface area contributed by atoms with E-state index in [4.69, 9.17) is 9.31 Å². The lowest BCUT2D eigenvalue weighted by Gasteiger charge is -2.39. The molecule has 0 radical (unpaired) electrons. The highest BCUT2D eigenvalue weighted by atomic mass is 16.7. The largest absolute Gasteiger partial charge is 0.494 e. The van der Waals surface area contributed by atoms with E-state index in [9.17, 15) is 0 Å². The molecule has 0 bridgehead atoms. The maximum atomic E-state index is 6.31. The smallest absolute Gasteiger partial charge is 0.399 e. The van der Waals surface area contributed by atoms with Crippen molar-refractivity contribution in [1.29, 1.82) is 0 Å². The van der Waals surface area contributed by atoms with Crippen LogP contribution in [-0.4, -0.2) is 18.3 Å². The van der Waals surface area contributed by atoms with E-state index in [0.29, 0.717) is 5.92 Å². The Morgan fingerprint density at radius 1 is 0.952 bits per heavy atom. The molecule has 1 aliphatic rings. The fourth-order valence-corrected chi connectivity index (χ4v) is 2.88. The summed E-state index contributed by atoms with van der Waals surface area (Å²) >= 11 is 0. The van der Waals surface area contributed by atoms with Gasteiger partial charge in [0.05, 0.1) is 11.2 Å². The van der Waals surface area contributed by atoms with Crippen LogP contribution < -0.4 is 5.46 Å². The Hall–Kier alpha value is -0.795. The zero-order valence-corrected chi connectivity index (χ0v) is 14.8. The van der Waals surface area contributed by atoms with Crippen LogP contribution in [0.4, 0.5) is 0 Å². The lowest BCUT2D eigenvalue weighted by atomic mass is 9.76. The second-order valence-corrected chi connectivity index (χ2v) is 8.21. The first-order chi connectivity index (χ1) is 9.47. The van der Waals surface area contributed by atoms with Crippen LogP contribution in [0.2, 0.25) is 0 Å². The van der Waals surface area contributed by atoms with Crippen molar-refractivity contribution < 1.29 is 9.31 Å². The number of benzene rings is 1. The van der Waals surface area contributed by atoms with Gasteiger partial charge in [-0.05, 0) is 43.1 Å². The highest BCUT2D eigenvalue weighted by Gasteiger charge is 2.55. The van der Waals surface area contributed by atoms with Gasteiger partial charge in [0.2, 0.25) is 0 Å². The second-order valence-electron chi connectivity index (χ2n) is 8.21. The average molecular weight is 288 g/mol. The van der Waals surface area contributed by atoms with Crippen molar-refractivity contribution in [2.45, 2.75) is 72.0 Å². The Balaban J connectivity index is 2.25. The molecule has 1 fully saturated rings. The van der Waals surface area contributed by atoms with E-state index in [0.717, 1.165) is 5.46 Å². The molecule has 2 rings (SSSR count). The van der Waals surface area contributed by atoms with Crippen LogP contribution in [0, 0.1) is 5.92 Å². The zero-order valence-electron chi connectivity index (χ0n) is 14.8.